The highest BCUT2D eigenvalue weighted by molar-refractivity contribution is 7.13. The van der Waals surface area contributed by atoms with Gasteiger partial charge in [0.15, 0.2) is 5.13 Å². The van der Waals surface area contributed by atoms with Crippen LogP contribution in [0.4, 0.5) is 5.13 Å². The summed E-state index contributed by atoms with van der Waals surface area (Å²) >= 11 is 1.45. The fraction of sp³-hybridized carbons (Fsp3) is 0.643. The van der Waals surface area contributed by atoms with E-state index >= 15 is 0 Å². The normalized spacial score (nSPS) is 16.5. The Bertz CT molecular complexity index is 511. The van der Waals surface area contributed by atoms with Crippen molar-refractivity contribution in [1.82, 2.24) is 20.1 Å². The number of aromatic nitrogens is 1. The highest BCUT2D eigenvalue weighted by Gasteiger charge is 2.19. The fourth-order valence-electron chi connectivity index (χ4n) is 2.38. The summed E-state index contributed by atoms with van der Waals surface area (Å²) < 4.78 is 0. The van der Waals surface area contributed by atoms with Gasteiger partial charge < -0.3 is 10.6 Å². The van der Waals surface area contributed by atoms with Crippen molar-refractivity contribution >= 4 is 28.3 Å². The van der Waals surface area contributed by atoms with E-state index in [0.29, 0.717) is 18.2 Å². The molecule has 0 bridgehead atoms. The first-order valence-electron chi connectivity index (χ1n) is 7.50. The molecule has 2 rings (SSSR count). The molecule has 7 nitrogen and oxygen atoms in total. The van der Waals surface area contributed by atoms with Crippen molar-refractivity contribution in [2.24, 2.45) is 0 Å². The van der Waals surface area contributed by atoms with Gasteiger partial charge in [0.2, 0.25) is 11.8 Å². The summed E-state index contributed by atoms with van der Waals surface area (Å²) in [5, 5.41) is 8.15. The first kappa shape index (κ1) is 16.9. The quantitative estimate of drug-likeness (QED) is 0.789. The first-order valence-corrected chi connectivity index (χ1v) is 8.38. The molecule has 0 unspecified atom stereocenters. The molecule has 0 spiro atoms. The second-order valence-electron chi connectivity index (χ2n) is 5.33. The van der Waals surface area contributed by atoms with Crippen molar-refractivity contribution in [3.05, 3.63) is 11.1 Å². The summed E-state index contributed by atoms with van der Waals surface area (Å²) in [6.07, 6.45) is 0. The Labute approximate surface area is 134 Å². The number of nitrogens with one attached hydrogen (secondary N) is 2. The van der Waals surface area contributed by atoms with Gasteiger partial charge in [0.25, 0.3) is 0 Å². The maximum atomic E-state index is 11.6. The van der Waals surface area contributed by atoms with E-state index in [9.17, 15) is 9.59 Å². The molecule has 0 aliphatic carbocycles. The molecule has 1 saturated heterocycles. The van der Waals surface area contributed by atoms with Gasteiger partial charge in [0.1, 0.15) is 0 Å². The van der Waals surface area contributed by atoms with Gasteiger partial charge in [-0.3, -0.25) is 19.4 Å². The number of thiazole rings is 1. The minimum absolute atomic E-state index is 0.0930. The molecular formula is C14H23N5O2S. The van der Waals surface area contributed by atoms with Gasteiger partial charge in [-0.25, -0.2) is 4.98 Å². The summed E-state index contributed by atoms with van der Waals surface area (Å²) in [6.45, 7) is 8.97. The third-order valence-corrected chi connectivity index (χ3v) is 4.23. The molecule has 1 fully saturated rings. The number of carbonyl (C=O) groups is 2. The molecule has 2 N–H and O–H groups in total. The lowest BCUT2D eigenvalue weighted by Crippen LogP contribution is -2.49. The molecule has 1 aromatic rings. The van der Waals surface area contributed by atoms with E-state index < -0.39 is 0 Å². The second-order valence-corrected chi connectivity index (χ2v) is 6.19. The molecule has 0 atom stereocenters. The Hall–Kier alpha value is -1.51. The zero-order chi connectivity index (χ0) is 15.9. The molecule has 2 heterocycles. The van der Waals surface area contributed by atoms with Crippen LogP contribution in [-0.2, 0) is 16.1 Å². The van der Waals surface area contributed by atoms with Crippen LogP contribution in [-0.4, -0.2) is 65.9 Å². The number of carbonyl (C=O) groups excluding carboxylic acids is 2. The number of likely N-dealkylation sites (N-methyl/N-ethyl adjacent to an activating group) is 1. The Morgan fingerprint density at radius 2 is 1.95 bits per heavy atom. The zero-order valence-corrected chi connectivity index (χ0v) is 13.9. The van der Waals surface area contributed by atoms with Gasteiger partial charge in [0.05, 0.1) is 12.2 Å². The summed E-state index contributed by atoms with van der Waals surface area (Å²) in [5.41, 5.74) is 0.978. The largest absolute Gasteiger partial charge is 0.355 e. The predicted molar refractivity (Wildman–Crippen MR) is 86.8 cm³/mol. The molecule has 1 aliphatic heterocycles. The summed E-state index contributed by atoms with van der Waals surface area (Å²) in [5.74, 6) is -0.00438. The lowest BCUT2D eigenvalue weighted by molar-refractivity contribution is -0.122. The molecule has 8 heteroatoms. The minimum Gasteiger partial charge on any atom is -0.355 e. The Kier molecular flexibility index (Phi) is 6.29. The van der Waals surface area contributed by atoms with Crippen LogP contribution in [0.1, 0.15) is 19.5 Å². The molecule has 0 aromatic carbocycles. The van der Waals surface area contributed by atoms with Crippen molar-refractivity contribution in [2.45, 2.75) is 20.4 Å². The molecule has 0 radical (unpaired) electrons. The lowest BCUT2D eigenvalue weighted by atomic mass is 10.3. The third kappa shape index (κ3) is 5.36. The van der Waals surface area contributed by atoms with E-state index in [0.717, 1.165) is 38.4 Å². The van der Waals surface area contributed by atoms with Crippen LogP contribution in [0, 0.1) is 0 Å². The molecule has 1 aliphatic rings. The van der Waals surface area contributed by atoms with Crippen molar-refractivity contribution in [2.75, 3.05) is 44.6 Å². The Balaban J connectivity index is 1.74. The fourth-order valence-corrected chi connectivity index (χ4v) is 3.13. The molecule has 22 heavy (non-hydrogen) atoms. The van der Waals surface area contributed by atoms with Gasteiger partial charge in [-0.1, -0.05) is 0 Å². The molecular weight excluding hydrogens is 302 g/mol. The van der Waals surface area contributed by atoms with E-state index in [4.69, 9.17) is 0 Å². The van der Waals surface area contributed by atoms with Crippen LogP contribution in [0.5, 0.6) is 0 Å². The molecule has 2 amide bonds. The Morgan fingerprint density at radius 3 is 2.59 bits per heavy atom. The van der Waals surface area contributed by atoms with Crippen molar-refractivity contribution in [1.29, 1.82) is 0 Å². The average molecular weight is 325 g/mol. The topological polar surface area (TPSA) is 77.6 Å². The van der Waals surface area contributed by atoms with Gasteiger partial charge in [-0.2, -0.15) is 0 Å². The molecule has 122 valence electrons. The maximum absolute atomic E-state index is 11.6. The van der Waals surface area contributed by atoms with Crippen LogP contribution < -0.4 is 10.6 Å². The van der Waals surface area contributed by atoms with Gasteiger partial charge in [-0.05, 0) is 6.92 Å². The van der Waals surface area contributed by atoms with Crippen LogP contribution >= 0.6 is 11.3 Å². The zero-order valence-electron chi connectivity index (χ0n) is 13.1. The van der Waals surface area contributed by atoms with E-state index in [2.05, 4.69) is 25.4 Å². The number of hydrogen-bond donors (Lipinski definition) is 2. The number of nitrogens with zero attached hydrogens (tertiary/aromatic N) is 3. The summed E-state index contributed by atoms with van der Waals surface area (Å²) in [6, 6.07) is 0. The van der Waals surface area contributed by atoms with E-state index in [1.54, 1.807) is 0 Å². The minimum atomic E-state index is -0.0973. The van der Waals surface area contributed by atoms with Crippen LogP contribution in [0.3, 0.4) is 0 Å². The van der Waals surface area contributed by atoms with Gasteiger partial charge >= 0.3 is 0 Å². The van der Waals surface area contributed by atoms with Gasteiger partial charge in [-0.15, -0.1) is 11.3 Å². The smallest absolute Gasteiger partial charge is 0.234 e. The number of hydrogen-bond acceptors (Lipinski definition) is 6. The third-order valence-electron chi connectivity index (χ3n) is 3.43. The Morgan fingerprint density at radius 1 is 1.27 bits per heavy atom. The highest BCUT2D eigenvalue weighted by atomic mass is 32.1. The summed E-state index contributed by atoms with van der Waals surface area (Å²) in [7, 11) is 0. The van der Waals surface area contributed by atoms with Crippen molar-refractivity contribution in [3.63, 3.8) is 0 Å². The standard InChI is InChI=1S/C14H23N5O2S/c1-3-15-13(21)9-19-6-4-18(5-7-19)8-12-10-22-14(17-12)16-11(2)20/h10H,3-9H2,1-2H3,(H,15,21)(H,16,17,20). The first-order chi connectivity index (χ1) is 10.6. The number of piperazine rings is 1. The van der Waals surface area contributed by atoms with E-state index in [1.807, 2.05) is 12.3 Å². The number of anilines is 1. The second kappa shape index (κ2) is 8.21. The van der Waals surface area contributed by atoms with Crippen LogP contribution in [0.2, 0.25) is 0 Å². The van der Waals surface area contributed by atoms with Crippen molar-refractivity contribution in [3.8, 4) is 0 Å². The van der Waals surface area contributed by atoms with Gasteiger partial charge in [0, 0.05) is 51.6 Å². The van der Waals surface area contributed by atoms with Crippen molar-refractivity contribution < 1.29 is 9.59 Å². The van der Waals surface area contributed by atoms with Crippen LogP contribution in [0.15, 0.2) is 5.38 Å². The van der Waals surface area contributed by atoms with Crippen LogP contribution in [0.25, 0.3) is 0 Å². The lowest BCUT2D eigenvalue weighted by Gasteiger charge is -2.33. The summed E-state index contributed by atoms with van der Waals surface area (Å²) in [4.78, 5) is 31.5. The average Bonchev–Trinajstić information content (AvgIpc) is 2.87. The monoisotopic (exact) mass is 325 g/mol. The van der Waals surface area contributed by atoms with E-state index in [1.165, 1.54) is 18.3 Å². The maximum Gasteiger partial charge on any atom is 0.234 e. The predicted octanol–water partition coefficient (Wildman–Crippen LogP) is 0.355. The molecule has 1 aromatic heterocycles. The SMILES string of the molecule is CCNC(=O)CN1CCN(Cc2csc(NC(C)=O)n2)CC1. The number of amides is 2. The van der Waals surface area contributed by atoms with E-state index in [-0.39, 0.29) is 11.8 Å². The highest BCUT2D eigenvalue weighted by Crippen LogP contribution is 2.17. The molecule has 0 saturated carbocycles. The number of rotatable bonds is 6.